The molecule has 0 aromatic heterocycles. The molecule has 2 rings (SSSR count). The number of rotatable bonds is 6. The number of carbonyl (C=O) groups is 1. The molecule has 7 nitrogen and oxygen atoms in total. The van der Waals surface area contributed by atoms with Crippen molar-refractivity contribution in [1.29, 1.82) is 0 Å². The van der Waals surface area contributed by atoms with Gasteiger partial charge in [-0.15, -0.1) is 0 Å². The normalized spacial score (nSPS) is 11.6. The Labute approximate surface area is 139 Å². The molecule has 7 heteroatoms. The number of aryl methyl sites for hydroxylation is 1. The number of nitro groups is 1. The van der Waals surface area contributed by atoms with Gasteiger partial charge >= 0.3 is 5.69 Å². The van der Waals surface area contributed by atoms with Crippen LogP contribution in [0.25, 0.3) is 0 Å². The van der Waals surface area contributed by atoms with Crippen molar-refractivity contribution in [3.05, 3.63) is 69.3 Å². The number of amides is 1. The van der Waals surface area contributed by atoms with Crippen LogP contribution < -0.4 is 10.1 Å². The quantitative estimate of drug-likeness (QED) is 0.625. The fraction of sp³-hybridized carbons (Fsp3) is 0.235. The van der Waals surface area contributed by atoms with Gasteiger partial charge in [-0.2, -0.15) is 0 Å². The summed E-state index contributed by atoms with van der Waals surface area (Å²) < 4.78 is 4.90. The van der Waals surface area contributed by atoms with Crippen molar-refractivity contribution in [2.45, 2.75) is 13.0 Å². The Balaban J connectivity index is 2.09. The van der Waals surface area contributed by atoms with E-state index in [1.807, 2.05) is 19.1 Å². The van der Waals surface area contributed by atoms with Crippen molar-refractivity contribution in [3.8, 4) is 5.75 Å². The summed E-state index contributed by atoms with van der Waals surface area (Å²) in [6, 6.07) is 11.3. The summed E-state index contributed by atoms with van der Waals surface area (Å²) >= 11 is 0. The lowest BCUT2D eigenvalue weighted by Crippen LogP contribution is -2.28. The third kappa shape index (κ3) is 3.88. The van der Waals surface area contributed by atoms with Crippen molar-refractivity contribution >= 4 is 11.6 Å². The van der Waals surface area contributed by atoms with Crippen LogP contribution >= 0.6 is 0 Å². The van der Waals surface area contributed by atoms with Crippen LogP contribution in [0.3, 0.4) is 0 Å². The number of methoxy groups -OCH3 is 1. The molecule has 0 aliphatic carbocycles. The number of hydrogen-bond acceptors (Lipinski definition) is 5. The summed E-state index contributed by atoms with van der Waals surface area (Å²) in [5.41, 5.74) is 1.47. The van der Waals surface area contributed by atoms with Crippen molar-refractivity contribution in [2.75, 3.05) is 13.7 Å². The highest BCUT2D eigenvalue weighted by Gasteiger charge is 2.19. The molecule has 2 aromatic carbocycles. The SMILES string of the molecule is COc1ccc(C(=O)NC[C@@H](O)c2ccccc2C)cc1[N+](=O)[O-]. The van der Waals surface area contributed by atoms with Crippen LogP contribution in [0, 0.1) is 17.0 Å². The van der Waals surface area contributed by atoms with E-state index in [-0.39, 0.29) is 23.5 Å². The van der Waals surface area contributed by atoms with Gasteiger partial charge in [-0.3, -0.25) is 14.9 Å². The van der Waals surface area contributed by atoms with Gasteiger partial charge in [0.25, 0.3) is 5.91 Å². The molecule has 2 N–H and O–H groups in total. The first kappa shape index (κ1) is 17.4. The monoisotopic (exact) mass is 330 g/mol. The van der Waals surface area contributed by atoms with Crippen LogP contribution in [0.2, 0.25) is 0 Å². The third-order valence-electron chi connectivity index (χ3n) is 3.64. The molecule has 2 aromatic rings. The Morgan fingerprint density at radius 1 is 1.33 bits per heavy atom. The Morgan fingerprint density at radius 3 is 2.67 bits per heavy atom. The molecule has 24 heavy (non-hydrogen) atoms. The maximum atomic E-state index is 12.2. The Bertz CT molecular complexity index is 760. The summed E-state index contributed by atoms with van der Waals surface area (Å²) in [5.74, 6) is -0.426. The molecule has 1 atom stereocenters. The predicted octanol–water partition coefficient (Wildman–Crippen LogP) is 2.38. The molecule has 0 fully saturated rings. The molecule has 0 radical (unpaired) electrons. The summed E-state index contributed by atoms with van der Waals surface area (Å²) in [6.07, 6.45) is -0.858. The third-order valence-corrected chi connectivity index (χ3v) is 3.64. The lowest BCUT2D eigenvalue weighted by atomic mass is 10.0. The molecule has 0 heterocycles. The molecule has 1 amide bonds. The number of hydrogen-bond donors (Lipinski definition) is 2. The second-order valence-corrected chi connectivity index (χ2v) is 5.23. The zero-order chi connectivity index (χ0) is 17.7. The number of nitrogens with zero attached hydrogens (tertiary/aromatic N) is 1. The maximum Gasteiger partial charge on any atom is 0.311 e. The first-order valence-electron chi connectivity index (χ1n) is 7.28. The van der Waals surface area contributed by atoms with Crippen LogP contribution in [-0.2, 0) is 0 Å². The standard InChI is InChI=1S/C17H18N2O5/c1-11-5-3-4-6-13(11)15(20)10-18-17(21)12-7-8-16(24-2)14(9-12)19(22)23/h3-9,15,20H,10H2,1-2H3,(H,18,21)/t15-/m1/s1. The van der Waals surface area contributed by atoms with E-state index in [0.717, 1.165) is 17.2 Å². The van der Waals surface area contributed by atoms with Crippen molar-refractivity contribution in [3.63, 3.8) is 0 Å². The summed E-state index contributed by atoms with van der Waals surface area (Å²) in [7, 11) is 1.32. The number of aliphatic hydroxyl groups excluding tert-OH is 1. The molecule has 0 saturated carbocycles. The van der Waals surface area contributed by atoms with E-state index >= 15 is 0 Å². The number of nitro benzene ring substituents is 1. The Hall–Kier alpha value is -2.93. The van der Waals surface area contributed by atoms with Gasteiger partial charge in [0.05, 0.1) is 18.1 Å². The van der Waals surface area contributed by atoms with E-state index in [2.05, 4.69) is 5.32 Å². The lowest BCUT2D eigenvalue weighted by molar-refractivity contribution is -0.385. The second kappa shape index (κ2) is 7.56. The van der Waals surface area contributed by atoms with Crippen molar-refractivity contribution in [2.24, 2.45) is 0 Å². The highest BCUT2D eigenvalue weighted by Crippen LogP contribution is 2.27. The first-order chi connectivity index (χ1) is 11.4. The summed E-state index contributed by atoms with van der Waals surface area (Å²) in [4.78, 5) is 22.5. The number of nitrogens with one attached hydrogen (secondary N) is 1. The summed E-state index contributed by atoms with van der Waals surface area (Å²) in [5, 5.41) is 23.8. The second-order valence-electron chi connectivity index (χ2n) is 5.23. The number of ether oxygens (including phenoxy) is 1. The van der Waals surface area contributed by atoms with Crippen LogP contribution in [-0.4, -0.2) is 29.6 Å². The van der Waals surface area contributed by atoms with Crippen LogP contribution in [0.15, 0.2) is 42.5 Å². The molecule has 0 aliphatic rings. The lowest BCUT2D eigenvalue weighted by Gasteiger charge is -2.14. The minimum absolute atomic E-state index is 0.00349. The van der Waals surface area contributed by atoms with Gasteiger partial charge in [0.2, 0.25) is 0 Å². The first-order valence-corrected chi connectivity index (χ1v) is 7.28. The zero-order valence-corrected chi connectivity index (χ0v) is 13.4. The Morgan fingerprint density at radius 2 is 2.04 bits per heavy atom. The molecule has 0 bridgehead atoms. The highest BCUT2D eigenvalue weighted by atomic mass is 16.6. The zero-order valence-electron chi connectivity index (χ0n) is 13.4. The van der Waals surface area contributed by atoms with Crippen molar-refractivity contribution < 1.29 is 19.6 Å². The van der Waals surface area contributed by atoms with Gasteiger partial charge in [-0.1, -0.05) is 24.3 Å². The number of benzene rings is 2. The van der Waals surface area contributed by atoms with E-state index in [0.29, 0.717) is 0 Å². The van der Waals surface area contributed by atoms with Gasteiger partial charge in [0.1, 0.15) is 0 Å². The molecular formula is C17H18N2O5. The van der Waals surface area contributed by atoms with Gasteiger partial charge in [-0.05, 0) is 30.2 Å². The maximum absolute atomic E-state index is 12.2. The van der Waals surface area contributed by atoms with E-state index in [4.69, 9.17) is 4.74 Å². The fourth-order valence-corrected chi connectivity index (χ4v) is 2.34. The van der Waals surface area contributed by atoms with Crippen LogP contribution in [0.1, 0.15) is 27.6 Å². The number of carbonyl (C=O) groups excluding carboxylic acids is 1. The molecule has 0 unspecified atom stereocenters. The summed E-state index contributed by atoms with van der Waals surface area (Å²) in [6.45, 7) is 1.87. The predicted molar refractivity (Wildman–Crippen MR) is 88.1 cm³/mol. The molecule has 126 valence electrons. The number of aliphatic hydroxyl groups is 1. The van der Waals surface area contributed by atoms with E-state index < -0.39 is 16.9 Å². The molecule has 0 spiro atoms. The molecule has 0 aliphatic heterocycles. The van der Waals surface area contributed by atoms with Gasteiger partial charge in [0, 0.05) is 18.2 Å². The minimum Gasteiger partial charge on any atom is -0.490 e. The van der Waals surface area contributed by atoms with Crippen LogP contribution in [0.4, 0.5) is 5.69 Å². The minimum atomic E-state index is -0.858. The smallest absolute Gasteiger partial charge is 0.311 e. The Kier molecular flexibility index (Phi) is 5.49. The average molecular weight is 330 g/mol. The fourth-order valence-electron chi connectivity index (χ4n) is 2.34. The van der Waals surface area contributed by atoms with Crippen molar-refractivity contribution in [1.82, 2.24) is 5.32 Å². The van der Waals surface area contributed by atoms with Crippen LogP contribution in [0.5, 0.6) is 5.75 Å². The van der Waals surface area contributed by atoms with E-state index in [1.54, 1.807) is 12.1 Å². The van der Waals surface area contributed by atoms with Gasteiger partial charge in [-0.25, -0.2) is 0 Å². The molecular weight excluding hydrogens is 312 g/mol. The van der Waals surface area contributed by atoms with E-state index in [9.17, 15) is 20.0 Å². The highest BCUT2D eigenvalue weighted by molar-refractivity contribution is 5.95. The van der Waals surface area contributed by atoms with E-state index in [1.165, 1.54) is 19.2 Å². The largest absolute Gasteiger partial charge is 0.490 e. The topological polar surface area (TPSA) is 102 Å². The average Bonchev–Trinajstić information content (AvgIpc) is 2.59. The van der Waals surface area contributed by atoms with Gasteiger partial charge in [0.15, 0.2) is 5.75 Å². The molecule has 0 saturated heterocycles. The van der Waals surface area contributed by atoms with Gasteiger partial charge < -0.3 is 15.2 Å².